The summed E-state index contributed by atoms with van der Waals surface area (Å²) in [5.41, 5.74) is 1.30. The molecule has 0 N–H and O–H groups in total. The van der Waals surface area contributed by atoms with E-state index < -0.39 is 0 Å². The third-order valence-electron chi connectivity index (χ3n) is 1.92. The lowest BCUT2D eigenvalue weighted by Gasteiger charge is -2.13. The maximum Gasteiger partial charge on any atom is 0.207 e. The Balaban J connectivity index is 1.91. The van der Waals surface area contributed by atoms with Gasteiger partial charge in [0.2, 0.25) is 4.47 Å². The molecule has 86 valence electrons. The van der Waals surface area contributed by atoms with Crippen LogP contribution in [0.1, 0.15) is 10.6 Å². The van der Waals surface area contributed by atoms with Crippen LogP contribution in [0.5, 0.6) is 0 Å². The van der Waals surface area contributed by atoms with E-state index in [1.807, 2.05) is 0 Å². The fourth-order valence-electron chi connectivity index (χ4n) is 1.32. The molecule has 0 spiro atoms. The topological polar surface area (TPSA) is 29.0 Å². The van der Waals surface area contributed by atoms with Crippen LogP contribution in [-0.2, 0) is 13.1 Å². The molecule has 0 aliphatic rings. The van der Waals surface area contributed by atoms with Crippen LogP contribution >= 0.6 is 50.2 Å². The molecule has 2 aromatic heterocycles. The minimum Gasteiger partial charge on any atom is -0.295 e. The fourth-order valence-corrected chi connectivity index (χ4v) is 3.47. The molecule has 3 nitrogen and oxygen atoms in total. The van der Waals surface area contributed by atoms with Gasteiger partial charge in [-0.3, -0.25) is 4.90 Å². The number of thiophene rings is 1. The second kappa shape index (κ2) is 5.55. The van der Waals surface area contributed by atoms with E-state index in [0.717, 1.165) is 21.9 Å². The van der Waals surface area contributed by atoms with Gasteiger partial charge < -0.3 is 0 Å². The molecule has 0 atom stereocenters. The second-order valence-corrected chi connectivity index (χ2v) is 7.31. The van der Waals surface area contributed by atoms with Crippen molar-refractivity contribution in [2.24, 2.45) is 0 Å². The molecule has 0 fully saturated rings. The zero-order valence-corrected chi connectivity index (χ0v) is 12.5. The summed E-state index contributed by atoms with van der Waals surface area (Å²) in [6.07, 6.45) is 0. The molecule has 2 heterocycles. The molecule has 2 aromatic rings. The lowest BCUT2D eigenvalue weighted by Crippen LogP contribution is -2.16. The molecule has 0 amide bonds. The molecule has 7 heteroatoms. The molecular weight excluding hydrogens is 330 g/mol. The van der Waals surface area contributed by atoms with Gasteiger partial charge in [0.05, 0.1) is 10.3 Å². The van der Waals surface area contributed by atoms with Crippen molar-refractivity contribution in [2.75, 3.05) is 7.05 Å². The highest BCUT2D eigenvalue weighted by Gasteiger charge is 2.07. The first-order valence-corrected chi connectivity index (χ1v) is 7.39. The molecule has 2 rings (SSSR count). The summed E-state index contributed by atoms with van der Waals surface area (Å²) in [4.78, 5) is 2.19. The average Bonchev–Trinajstić information content (AvgIpc) is 2.76. The van der Waals surface area contributed by atoms with Gasteiger partial charge in [0.1, 0.15) is 5.01 Å². The van der Waals surface area contributed by atoms with Crippen LogP contribution in [0.2, 0.25) is 4.47 Å². The van der Waals surface area contributed by atoms with Gasteiger partial charge in [-0.05, 0) is 51.6 Å². The van der Waals surface area contributed by atoms with E-state index in [9.17, 15) is 0 Å². The fraction of sp³-hybridized carbons (Fsp3) is 0.333. The van der Waals surface area contributed by atoms with E-state index in [2.05, 4.69) is 49.5 Å². The molecule has 0 unspecified atom stereocenters. The third-order valence-corrected chi connectivity index (χ3v) is 4.48. The zero-order valence-electron chi connectivity index (χ0n) is 8.48. The first kappa shape index (κ1) is 12.4. The van der Waals surface area contributed by atoms with Gasteiger partial charge in [-0.1, -0.05) is 11.3 Å². The Hall–Kier alpha value is -0.0100. The van der Waals surface area contributed by atoms with E-state index in [1.54, 1.807) is 11.3 Å². The van der Waals surface area contributed by atoms with Crippen molar-refractivity contribution in [3.8, 4) is 0 Å². The Morgan fingerprint density at radius 1 is 1.44 bits per heavy atom. The molecule has 16 heavy (non-hydrogen) atoms. The van der Waals surface area contributed by atoms with E-state index in [1.165, 1.54) is 16.9 Å². The number of halogens is 2. The van der Waals surface area contributed by atoms with Crippen molar-refractivity contribution in [2.45, 2.75) is 13.1 Å². The van der Waals surface area contributed by atoms with Gasteiger partial charge in [-0.25, -0.2) is 0 Å². The van der Waals surface area contributed by atoms with Crippen molar-refractivity contribution in [1.82, 2.24) is 15.1 Å². The number of rotatable bonds is 4. The summed E-state index contributed by atoms with van der Waals surface area (Å²) in [6, 6.07) is 2.13. The van der Waals surface area contributed by atoms with E-state index >= 15 is 0 Å². The maximum atomic E-state index is 5.73. The van der Waals surface area contributed by atoms with Crippen LogP contribution in [0, 0.1) is 0 Å². The highest BCUT2D eigenvalue weighted by atomic mass is 79.9. The van der Waals surface area contributed by atoms with E-state index in [0.29, 0.717) is 4.47 Å². The molecule has 0 aromatic carbocycles. The summed E-state index contributed by atoms with van der Waals surface area (Å²) in [5.74, 6) is 0. The van der Waals surface area contributed by atoms with Crippen molar-refractivity contribution >= 4 is 50.2 Å². The Morgan fingerprint density at radius 3 is 2.81 bits per heavy atom. The zero-order chi connectivity index (χ0) is 11.5. The standard InChI is InChI=1S/C9H9BrClN3S2/c1-14(3-6-2-7(10)15-5-6)4-8-12-13-9(11)16-8/h2,5H,3-4H2,1H3. The molecule has 0 radical (unpaired) electrons. The van der Waals surface area contributed by atoms with Gasteiger partial charge in [-0.15, -0.1) is 21.5 Å². The monoisotopic (exact) mass is 337 g/mol. The Labute approximate surface area is 115 Å². The van der Waals surface area contributed by atoms with Gasteiger partial charge in [0.25, 0.3) is 0 Å². The minimum absolute atomic E-state index is 0.502. The first-order chi connectivity index (χ1) is 7.63. The Bertz CT molecular complexity index is 429. The van der Waals surface area contributed by atoms with Gasteiger partial charge in [-0.2, -0.15) is 0 Å². The maximum absolute atomic E-state index is 5.73. The Morgan fingerprint density at radius 2 is 2.25 bits per heavy atom. The van der Waals surface area contributed by atoms with Crippen LogP contribution < -0.4 is 0 Å². The Kier molecular flexibility index (Phi) is 4.32. The number of hydrogen-bond acceptors (Lipinski definition) is 5. The van der Waals surface area contributed by atoms with Crippen LogP contribution in [0.15, 0.2) is 15.2 Å². The number of hydrogen-bond donors (Lipinski definition) is 0. The van der Waals surface area contributed by atoms with Crippen LogP contribution in [0.3, 0.4) is 0 Å². The summed E-state index contributed by atoms with van der Waals surface area (Å²) in [5, 5.41) is 10.9. The summed E-state index contributed by atoms with van der Waals surface area (Å²) < 4.78 is 1.66. The van der Waals surface area contributed by atoms with Gasteiger partial charge >= 0.3 is 0 Å². The number of nitrogens with zero attached hydrogens (tertiary/aromatic N) is 3. The largest absolute Gasteiger partial charge is 0.295 e. The molecule has 0 saturated heterocycles. The minimum atomic E-state index is 0.502. The third kappa shape index (κ3) is 3.49. The smallest absolute Gasteiger partial charge is 0.207 e. The molecule has 0 bridgehead atoms. The molecular formula is C9H9BrClN3S2. The van der Waals surface area contributed by atoms with Crippen molar-refractivity contribution in [3.05, 3.63) is 30.3 Å². The SMILES string of the molecule is CN(Cc1csc(Br)c1)Cc1nnc(Cl)s1. The van der Waals surface area contributed by atoms with Gasteiger partial charge in [0.15, 0.2) is 0 Å². The highest BCUT2D eigenvalue weighted by molar-refractivity contribution is 9.11. The highest BCUT2D eigenvalue weighted by Crippen LogP contribution is 2.22. The summed E-state index contributed by atoms with van der Waals surface area (Å²) in [7, 11) is 2.06. The average molecular weight is 339 g/mol. The lowest BCUT2D eigenvalue weighted by atomic mass is 10.3. The normalized spacial score (nSPS) is 11.2. The van der Waals surface area contributed by atoms with Crippen molar-refractivity contribution in [3.63, 3.8) is 0 Å². The summed E-state index contributed by atoms with van der Waals surface area (Å²) in [6.45, 7) is 1.68. The summed E-state index contributed by atoms with van der Waals surface area (Å²) >= 11 is 12.3. The van der Waals surface area contributed by atoms with Crippen LogP contribution in [-0.4, -0.2) is 22.1 Å². The second-order valence-electron chi connectivity index (χ2n) is 3.38. The van der Waals surface area contributed by atoms with Gasteiger partial charge in [0, 0.05) is 6.54 Å². The number of aromatic nitrogens is 2. The van der Waals surface area contributed by atoms with Crippen molar-refractivity contribution < 1.29 is 0 Å². The van der Waals surface area contributed by atoms with Crippen molar-refractivity contribution in [1.29, 1.82) is 0 Å². The molecule has 0 aliphatic heterocycles. The van der Waals surface area contributed by atoms with E-state index in [4.69, 9.17) is 11.6 Å². The van der Waals surface area contributed by atoms with Crippen LogP contribution in [0.4, 0.5) is 0 Å². The predicted octanol–water partition coefficient (Wildman–Crippen LogP) is 3.65. The first-order valence-electron chi connectivity index (χ1n) is 4.53. The molecule has 0 saturated carbocycles. The van der Waals surface area contributed by atoms with Crippen LogP contribution in [0.25, 0.3) is 0 Å². The quantitative estimate of drug-likeness (QED) is 0.852. The van der Waals surface area contributed by atoms with E-state index in [-0.39, 0.29) is 0 Å². The molecule has 0 aliphatic carbocycles. The predicted molar refractivity (Wildman–Crippen MR) is 72.1 cm³/mol. The lowest BCUT2D eigenvalue weighted by molar-refractivity contribution is 0.318.